The van der Waals surface area contributed by atoms with E-state index in [4.69, 9.17) is 0 Å². The van der Waals surface area contributed by atoms with E-state index in [9.17, 15) is 5.11 Å². The molecule has 0 saturated heterocycles. The molecule has 2 bridgehead atoms. The molecule has 0 aromatic carbocycles. The summed E-state index contributed by atoms with van der Waals surface area (Å²) >= 11 is 0. The highest BCUT2D eigenvalue weighted by molar-refractivity contribution is 5.03. The lowest BCUT2D eigenvalue weighted by molar-refractivity contribution is 0.0572. The fourth-order valence-electron chi connectivity index (χ4n) is 4.68. The standard InChI is InChI=1S/C12H20O/c1-7(13)11-5-8-6-12(11)10-4-2-3-9(8)10/h7-13H,2-6H2,1H3. The minimum Gasteiger partial charge on any atom is -0.393 e. The molecule has 74 valence electrons. The lowest BCUT2D eigenvalue weighted by Crippen LogP contribution is -2.30. The minimum atomic E-state index is -0.0449. The van der Waals surface area contributed by atoms with Crippen molar-refractivity contribution in [2.45, 2.75) is 45.1 Å². The molecule has 0 radical (unpaired) electrons. The Morgan fingerprint density at radius 3 is 2.62 bits per heavy atom. The van der Waals surface area contributed by atoms with Crippen LogP contribution in [-0.2, 0) is 0 Å². The van der Waals surface area contributed by atoms with Gasteiger partial charge >= 0.3 is 0 Å². The molecule has 0 aliphatic heterocycles. The lowest BCUT2D eigenvalue weighted by atomic mass is 9.74. The Morgan fingerprint density at radius 2 is 1.85 bits per heavy atom. The van der Waals surface area contributed by atoms with Gasteiger partial charge in [0.05, 0.1) is 6.10 Å². The van der Waals surface area contributed by atoms with E-state index in [0.29, 0.717) is 5.92 Å². The third kappa shape index (κ3) is 1.03. The zero-order valence-corrected chi connectivity index (χ0v) is 8.45. The smallest absolute Gasteiger partial charge is 0.0543 e. The Morgan fingerprint density at radius 1 is 1.08 bits per heavy atom. The quantitative estimate of drug-likeness (QED) is 0.657. The minimum absolute atomic E-state index is 0.0449. The van der Waals surface area contributed by atoms with Crippen LogP contribution in [0.15, 0.2) is 0 Å². The second-order valence-electron chi connectivity index (χ2n) is 5.56. The topological polar surface area (TPSA) is 20.2 Å². The van der Waals surface area contributed by atoms with Crippen molar-refractivity contribution in [1.29, 1.82) is 0 Å². The first-order chi connectivity index (χ1) is 6.27. The molecule has 3 aliphatic rings. The molecule has 0 aromatic heterocycles. The number of fused-ring (bicyclic) bond motifs is 5. The van der Waals surface area contributed by atoms with E-state index < -0.39 is 0 Å². The number of aliphatic hydroxyl groups excluding tert-OH is 1. The molecule has 1 N–H and O–H groups in total. The Hall–Kier alpha value is -0.0400. The molecule has 0 amide bonds. The van der Waals surface area contributed by atoms with Crippen molar-refractivity contribution < 1.29 is 5.11 Å². The van der Waals surface area contributed by atoms with Crippen molar-refractivity contribution in [2.75, 3.05) is 0 Å². The Labute approximate surface area is 80.5 Å². The summed E-state index contributed by atoms with van der Waals surface area (Å²) in [6, 6.07) is 0. The summed E-state index contributed by atoms with van der Waals surface area (Å²) in [5, 5.41) is 9.69. The molecule has 0 heterocycles. The monoisotopic (exact) mass is 180 g/mol. The van der Waals surface area contributed by atoms with Crippen LogP contribution in [0.1, 0.15) is 39.0 Å². The van der Waals surface area contributed by atoms with Crippen LogP contribution in [-0.4, -0.2) is 11.2 Å². The third-order valence-corrected chi connectivity index (χ3v) is 5.10. The van der Waals surface area contributed by atoms with Crippen LogP contribution >= 0.6 is 0 Å². The van der Waals surface area contributed by atoms with Crippen LogP contribution in [0.25, 0.3) is 0 Å². The van der Waals surface area contributed by atoms with Gasteiger partial charge < -0.3 is 5.11 Å². The van der Waals surface area contributed by atoms with Gasteiger partial charge in [-0.05, 0) is 62.2 Å². The molecule has 3 fully saturated rings. The second-order valence-corrected chi connectivity index (χ2v) is 5.56. The highest BCUT2D eigenvalue weighted by atomic mass is 16.3. The number of hydrogen-bond donors (Lipinski definition) is 1. The number of hydrogen-bond acceptors (Lipinski definition) is 1. The first kappa shape index (κ1) is 8.28. The molecule has 0 spiro atoms. The highest BCUT2D eigenvalue weighted by Crippen LogP contribution is 2.61. The molecular formula is C12H20O. The Kier molecular flexibility index (Phi) is 1.74. The van der Waals surface area contributed by atoms with Crippen molar-refractivity contribution in [2.24, 2.45) is 29.6 Å². The molecule has 3 aliphatic carbocycles. The van der Waals surface area contributed by atoms with Gasteiger partial charge in [-0.15, -0.1) is 0 Å². The van der Waals surface area contributed by atoms with E-state index in [1.807, 2.05) is 6.92 Å². The maximum atomic E-state index is 9.69. The maximum Gasteiger partial charge on any atom is 0.0543 e. The summed E-state index contributed by atoms with van der Waals surface area (Å²) in [6.07, 6.45) is 7.17. The van der Waals surface area contributed by atoms with E-state index in [1.165, 1.54) is 32.1 Å². The van der Waals surface area contributed by atoms with Crippen molar-refractivity contribution in [3.8, 4) is 0 Å². The van der Waals surface area contributed by atoms with E-state index in [-0.39, 0.29) is 6.10 Å². The van der Waals surface area contributed by atoms with Crippen molar-refractivity contribution >= 4 is 0 Å². The van der Waals surface area contributed by atoms with Crippen LogP contribution < -0.4 is 0 Å². The largest absolute Gasteiger partial charge is 0.393 e. The first-order valence-electron chi connectivity index (χ1n) is 5.95. The Bertz CT molecular complexity index is 209. The van der Waals surface area contributed by atoms with Crippen molar-refractivity contribution in [1.82, 2.24) is 0 Å². The van der Waals surface area contributed by atoms with Gasteiger partial charge in [-0.1, -0.05) is 6.42 Å². The van der Waals surface area contributed by atoms with E-state index in [2.05, 4.69) is 0 Å². The van der Waals surface area contributed by atoms with Gasteiger partial charge in [-0.25, -0.2) is 0 Å². The lowest BCUT2D eigenvalue weighted by Gasteiger charge is -2.33. The van der Waals surface area contributed by atoms with Crippen molar-refractivity contribution in [3.05, 3.63) is 0 Å². The third-order valence-electron chi connectivity index (χ3n) is 5.10. The summed E-state index contributed by atoms with van der Waals surface area (Å²) < 4.78 is 0. The van der Waals surface area contributed by atoms with E-state index in [0.717, 1.165) is 23.7 Å². The first-order valence-corrected chi connectivity index (χ1v) is 5.95. The van der Waals surface area contributed by atoms with Crippen LogP contribution in [0.4, 0.5) is 0 Å². The number of rotatable bonds is 1. The second kappa shape index (κ2) is 2.73. The van der Waals surface area contributed by atoms with Gasteiger partial charge in [0.15, 0.2) is 0 Å². The zero-order valence-electron chi connectivity index (χ0n) is 8.45. The number of aliphatic hydroxyl groups is 1. The fourth-order valence-corrected chi connectivity index (χ4v) is 4.68. The van der Waals surface area contributed by atoms with Crippen molar-refractivity contribution in [3.63, 3.8) is 0 Å². The summed E-state index contributed by atoms with van der Waals surface area (Å²) in [7, 11) is 0. The maximum absolute atomic E-state index is 9.69. The van der Waals surface area contributed by atoms with Gasteiger partial charge in [-0.3, -0.25) is 0 Å². The van der Waals surface area contributed by atoms with Gasteiger partial charge in [0.1, 0.15) is 0 Å². The molecule has 1 nitrogen and oxygen atoms in total. The molecule has 3 saturated carbocycles. The molecule has 13 heavy (non-hydrogen) atoms. The van der Waals surface area contributed by atoms with Gasteiger partial charge in [0.25, 0.3) is 0 Å². The highest BCUT2D eigenvalue weighted by Gasteiger charge is 2.54. The van der Waals surface area contributed by atoms with Gasteiger partial charge in [0.2, 0.25) is 0 Å². The predicted molar refractivity (Wildman–Crippen MR) is 52.2 cm³/mol. The molecule has 3 rings (SSSR count). The fraction of sp³-hybridized carbons (Fsp3) is 1.00. The zero-order chi connectivity index (χ0) is 9.00. The van der Waals surface area contributed by atoms with Crippen LogP contribution in [0, 0.1) is 29.6 Å². The Balaban J connectivity index is 1.82. The van der Waals surface area contributed by atoms with Crippen LogP contribution in [0.2, 0.25) is 0 Å². The van der Waals surface area contributed by atoms with Crippen LogP contribution in [0.3, 0.4) is 0 Å². The van der Waals surface area contributed by atoms with Gasteiger partial charge in [-0.2, -0.15) is 0 Å². The summed E-state index contributed by atoms with van der Waals surface area (Å²) in [5.41, 5.74) is 0. The van der Waals surface area contributed by atoms with E-state index in [1.54, 1.807) is 0 Å². The average molecular weight is 180 g/mol. The van der Waals surface area contributed by atoms with Gasteiger partial charge in [0, 0.05) is 0 Å². The van der Waals surface area contributed by atoms with Crippen LogP contribution in [0.5, 0.6) is 0 Å². The average Bonchev–Trinajstić information content (AvgIpc) is 2.75. The molecule has 6 atom stereocenters. The predicted octanol–water partition coefficient (Wildman–Crippen LogP) is 2.44. The molecule has 1 heteroatoms. The summed E-state index contributed by atoms with van der Waals surface area (Å²) in [6.45, 7) is 2.00. The molecule has 0 aromatic rings. The summed E-state index contributed by atoms with van der Waals surface area (Å²) in [4.78, 5) is 0. The summed E-state index contributed by atoms with van der Waals surface area (Å²) in [5.74, 6) is 4.64. The molecule has 6 unspecified atom stereocenters. The van der Waals surface area contributed by atoms with E-state index >= 15 is 0 Å². The normalized spacial score (nSPS) is 55.4. The molecular weight excluding hydrogens is 160 g/mol. The SMILES string of the molecule is CC(O)C1CC2CC1C1CCCC21.